The molecule has 0 saturated heterocycles. The van der Waals surface area contributed by atoms with E-state index in [0.717, 1.165) is 96.3 Å². The van der Waals surface area contributed by atoms with Crippen LogP contribution in [0.4, 0.5) is 0 Å². The molecule has 480 valence electrons. The molecule has 3 N–H and O–H groups in total. The van der Waals surface area contributed by atoms with Crippen LogP contribution in [0.2, 0.25) is 0 Å². The number of ether oxygens (including phenoxy) is 4. The molecule has 0 aliphatic carbocycles. The summed E-state index contributed by atoms with van der Waals surface area (Å²) in [6, 6.07) is 0. The number of hydrogen-bond donors (Lipinski definition) is 3. The number of hydrogen-bond acceptors (Lipinski definition) is 15. The van der Waals surface area contributed by atoms with Crippen LogP contribution in [0.1, 0.15) is 317 Å². The number of rotatable bonds is 63. The second-order valence-corrected chi connectivity index (χ2v) is 25.4. The molecule has 0 fully saturated rings. The van der Waals surface area contributed by atoms with Crippen LogP contribution >= 0.6 is 15.6 Å². The lowest BCUT2D eigenvalue weighted by molar-refractivity contribution is -0.161. The quantitative estimate of drug-likeness (QED) is 0.0222. The summed E-state index contributed by atoms with van der Waals surface area (Å²) in [7, 11) is -9.86. The fourth-order valence-electron chi connectivity index (χ4n) is 9.28. The summed E-state index contributed by atoms with van der Waals surface area (Å²) < 4.78 is 67.5. The molecular weight excluding hydrogens is 1080 g/mol. The Morgan fingerprint density at radius 2 is 0.494 bits per heavy atom. The lowest BCUT2D eigenvalue weighted by Gasteiger charge is -2.21. The Morgan fingerprint density at radius 3 is 0.728 bits per heavy atom. The van der Waals surface area contributed by atoms with Crippen molar-refractivity contribution in [3.8, 4) is 0 Å². The van der Waals surface area contributed by atoms with Gasteiger partial charge in [0.2, 0.25) is 0 Å². The van der Waals surface area contributed by atoms with Crippen LogP contribution in [0.15, 0.2) is 0 Å². The van der Waals surface area contributed by atoms with E-state index in [4.69, 9.17) is 37.0 Å². The predicted molar refractivity (Wildman–Crippen MR) is 322 cm³/mol. The van der Waals surface area contributed by atoms with E-state index >= 15 is 0 Å². The molecular formula is C62H120O17P2. The smallest absolute Gasteiger partial charge is 0.462 e. The number of carbonyl (C=O) groups excluding carboxylic acids is 4. The SMILES string of the molecule is CCCCCCCCCCCCCCCCCCCCC(=O)O[C@H](COC(=O)CCCCCCCCCCCCCCC)COP(=O)(O)OC[C@@H](O)COP(=O)(O)OC[C@@H](COC(=O)CCCCCCC)OC(=O)CCCCCCC. The molecule has 0 amide bonds. The third kappa shape index (κ3) is 56.9. The maximum Gasteiger partial charge on any atom is 0.472 e. The molecule has 17 nitrogen and oxygen atoms in total. The summed E-state index contributed by atoms with van der Waals surface area (Å²) >= 11 is 0. The van der Waals surface area contributed by atoms with Crippen molar-refractivity contribution in [2.45, 2.75) is 335 Å². The fourth-order valence-corrected chi connectivity index (χ4v) is 10.9. The first-order valence-corrected chi connectivity index (χ1v) is 35.8. The number of phosphoric ester groups is 2. The number of unbranched alkanes of at least 4 members (excludes halogenated alkanes) is 37. The molecule has 2 unspecified atom stereocenters. The molecule has 5 atom stereocenters. The zero-order valence-electron chi connectivity index (χ0n) is 51.7. The van der Waals surface area contributed by atoms with Crippen molar-refractivity contribution in [2.75, 3.05) is 39.6 Å². The highest BCUT2D eigenvalue weighted by atomic mass is 31.2. The van der Waals surface area contributed by atoms with Crippen LogP contribution < -0.4 is 0 Å². The number of carbonyl (C=O) groups is 4. The van der Waals surface area contributed by atoms with E-state index < -0.39 is 97.5 Å². The summed E-state index contributed by atoms with van der Waals surface area (Å²) in [6.07, 6.45) is 42.5. The Bertz CT molecular complexity index is 1570. The lowest BCUT2D eigenvalue weighted by Crippen LogP contribution is -2.30. The van der Waals surface area contributed by atoms with Crippen molar-refractivity contribution in [1.29, 1.82) is 0 Å². The van der Waals surface area contributed by atoms with Crippen LogP contribution in [0.25, 0.3) is 0 Å². The molecule has 19 heteroatoms. The molecule has 0 aliphatic rings. The van der Waals surface area contributed by atoms with Gasteiger partial charge in [-0.25, -0.2) is 9.13 Å². The Hall–Kier alpha value is -1.94. The molecule has 0 saturated carbocycles. The minimum Gasteiger partial charge on any atom is -0.462 e. The van der Waals surface area contributed by atoms with Gasteiger partial charge >= 0.3 is 39.5 Å². The highest BCUT2D eigenvalue weighted by Crippen LogP contribution is 2.45. The standard InChI is InChI=1S/C62H120O17P2/c1-5-9-13-17-19-21-23-25-26-27-28-29-31-33-35-37-41-45-49-62(67)79-58(53-73-60(65)47-43-40-36-34-32-30-24-22-20-18-14-10-6-2)55-77-81(70,71)75-51-56(63)50-74-80(68,69)76-54-57(78-61(66)48-44-39-16-12-8-4)52-72-59(64)46-42-38-15-11-7-3/h56-58,63H,5-55H2,1-4H3,(H,68,69)(H,70,71)/t56-,57+,58+/m0/s1. The summed E-state index contributed by atoms with van der Waals surface area (Å²) in [5.74, 6) is -2.16. The van der Waals surface area contributed by atoms with E-state index in [1.165, 1.54) is 141 Å². The fraction of sp³-hybridized carbons (Fsp3) is 0.935. The van der Waals surface area contributed by atoms with Crippen molar-refractivity contribution in [3.63, 3.8) is 0 Å². The maximum absolute atomic E-state index is 13.0. The second-order valence-electron chi connectivity index (χ2n) is 22.4. The lowest BCUT2D eigenvalue weighted by atomic mass is 10.0. The van der Waals surface area contributed by atoms with Gasteiger partial charge in [-0.05, 0) is 25.7 Å². The topological polar surface area (TPSA) is 237 Å². The summed E-state index contributed by atoms with van der Waals surface area (Å²) in [6.45, 7) is 4.70. The zero-order valence-corrected chi connectivity index (χ0v) is 53.5. The van der Waals surface area contributed by atoms with Gasteiger partial charge in [0.15, 0.2) is 12.2 Å². The van der Waals surface area contributed by atoms with Crippen molar-refractivity contribution >= 4 is 39.5 Å². The van der Waals surface area contributed by atoms with E-state index in [9.17, 15) is 43.2 Å². The van der Waals surface area contributed by atoms with Crippen LogP contribution in [-0.4, -0.2) is 96.7 Å². The van der Waals surface area contributed by atoms with E-state index in [-0.39, 0.29) is 25.7 Å². The van der Waals surface area contributed by atoms with Crippen LogP contribution in [0, 0.1) is 0 Å². The Labute approximate surface area is 492 Å². The molecule has 0 bridgehead atoms. The predicted octanol–water partition coefficient (Wildman–Crippen LogP) is 17.2. The molecule has 0 aromatic rings. The average Bonchev–Trinajstić information content (AvgIpc) is 3.44. The molecule has 0 aromatic heterocycles. The monoisotopic (exact) mass is 1200 g/mol. The third-order valence-corrected chi connectivity index (χ3v) is 16.3. The van der Waals surface area contributed by atoms with Crippen molar-refractivity contribution in [3.05, 3.63) is 0 Å². The average molecular weight is 1200 g/mol. The Kier molecular flexibility index (Phi) is 55.8. The summed E-state index contributed by atoms with van der Waals surface area (Å²) in [5.41, 5.74) is 0. The van der Waals surface area contributed by atoms with Gasteiger partial charge in [0.05, 0.1) is 26.4 Å². The highest BCUT2D eigenvalue weighted by Gasteiger charge is 2.30. The molecule has 0 rings (SSSR count). The van der Waals surface area contributed by atoms with Gasteiger partial charge in [0.25, 0.3) is 0 Å². The molecule has 0 heterocycles. The van der Waals surface area contributed by atoms with Crippen molar-refractivity contribution in [2.24, 2.45) is 0 Å². The second kappa shape index (κ2) is 57.2. The van der Waals surface area contributed by atoms with Gasteiger partial charge < -0.3 is 33.8 Å². The van der Waals surface area contributed by atoms with Crippen molar-refractivity contribution < 1.29 is 80.2 Å². The minimum atomic E-state index is -4.94. The first-order chi connectivity index (χ1) is 39.2. The van der Waals surface area contributed by atoms with Crippen molar-refractivity contribution in [1.82, 2.24) is 0 Å². The molecule has 81 heavy (non-hydrogen) atoms. The van der Waals surface area contributed by atoms with E-state index in [1.807, 2.05) is 0 Å². The molecule has 0 aromatic carbocycles. The summed E-state index contributed by atoms with van der Waals surface area (Å²) in [4.78, 5) is 71.6. The van der Waals surface area contributed by atoms with E-state index in [2.05, 4.69) is 27.7 Å². The summed E-state index contributed by atoms with van der Waals surface area (Å²) in [5, 5.41) is 10.5. The van der Waals surface area contributed by atoms with Gasteiger partial charge in [0, 0.05) is 25.7 Å². The number of esters is 4. The largest absolute Gasteiger partial charge is 0.472 e. The van der Waals surface area contributed by atoms with E-state index in [0.29, 0.717) is 25.7 Å². The van der Waals surface area contributed by atoms with Crippen LogP contribution in [0.3, 0.4) is 0 Å². The van der Waals surface area contributed by atoms with Gasteiger partial charge in [0.1, 0.15) is 19.3 Å². The first kappa shape index (κ1) is 79.1. The first-order valence-electron chi connectivity index (χ1n) is 32.8. The molecule has 0 spiro atoms. The number of aliphatic hydroxyl groups excluding tert-OH is 1. The van der Waals surface area contributed by atoms with Crippen LogP contribution in [0.5, 0.6) is 0 Å². The number of phosphoric acid groups is 2. The maximum atomic E-state index is 13.0. The third-order valence-electron chi connectivity index (χ3n) is 14.4. The molecule has 0 aliphatic heterocycles. The number of aliphatic hydroxyl groups is 1. The van der Waals surface area contributed by atoms with Gasteiger partial charge in [-0.1, -0.05) is 265 Å². The van der Waals surface area contributed by atoms with Gasteiger partial charge in [-0.3, -0.25) is 37.3 Å². The Balaban J connectivity index is 5.08. The highest BCUT2D eigenvalue weighted by molar-refractivity contribution is 7.47. The molecule has 0 radical (unpaired) electrons. The van der Waals surface area contributed by atoms with Gasteiger partial charge in [-0.15, -0.1) is 0 Å². The minimum absolute atomic E-state index is 0.0992. The normalized spacial score (nSPS) is 14.2. The van der Waals surface area contributed by atoms with Crippen LogP contribution in [-0.2, 0) is 65.4 Å². The Morgan fingerprint density at radius 1 is 0.296 bits per heavy atom. The van der Waals surface area contributed by atoms with Gasteiger partial charge in [-0.2, -0.15) is 0 Å². The zero-order chi connectivity index (χ0) is 59.8. The van der Waals surface area contributed by atoms with E-state index in [1.54, 1.807) is 0 Å².